The van der Waals surface area contributed by atoms with Gasteiger partial charge in [0.1, 0.15) is 0 Å². The van der Waals surface area contributed by atoms with E-state index in [0.29, 0.717) is 65.6 Å². The number of morpholine rings is 1. The molecule has 10 nitrogen and oxygen atoms in total. The van der Waals surface area contributed by atoms with Gasteiger partial charge in [-0.2, -0.15) is 15.0 Å². The number of carbonyl (C=O) groups is 2. The standard InChI is InChI=1S/C29H31ClN6O4/c1-29(2,3)18-4-7-20(8-5-18)31-26-32-27(35-12-14-40-15-13-35)34-28(33-26)36-17-22(24(37)10-11-25(38)39)21-16-19(30)6-9-23(21)36/h4-9,16-17H,10-15H2,1-3H3,(H,38,39)(H,31,32,33,34). The lowest BCUT2D eigenvalue weighted by molar-refractivity contribution is -0.136. The number of carboxylic acids is 1. The fourth-order valence-corrected chi connectivity index (χ4v) is 4.72. The molecule has 0 amide bonds. The van der Waals surface area contributed by atoms with Gasteiger partial charge < -0.3 is 20.1 Å². The zero-order chi connectivity index (χ0) is 28.4. The van der Waals surface area contributed by atoms with Gasteiger partial charge in [0.05, 0.1) is 25.2 Å². The van der Waals surface area contributed by atoms with Gasteiger partial charge in [-0.3, -0.25) is 14.2 Å². The smallest absolute Gasteiger partial charge is 0.303 e. The Morgan fingerprint density at radius 1 is 1.00 bits per heavy atom. The van der Waals surface area contributed by atoms with Crippen LogP contribution in [0.4, 0.5) is 17.6 Å². The summed E-state index contributed by atoms with van der Waals surface area (Å²) in [7, 11) is 0. The fraction of sp³-hybridized carbons (Fsp3) is 0.345. The van der Waals surface area contributed by atoms with Crippen LogP contribution in [0.2, 0.25) is 5.02 Å². The van der Waals surface area contributed by atoms with Crippen LogP contribution in [0.1, 0.15) is 49.5 Å². The van der Waals surface area contributed by atoms with E-state index in [1.165, 1.54) is 5.56 Å². The third-order valence-electron chi connectivity index (χ3n) is 6.76. The van der Waals surface area contributed by atoms with Crippen molar-refractivity contribution < 1.29 is 19.4 Å². The van der Waals surface area contributed by atoms with Crippen molar-refractivity contribution in [2.45, 2.75) is 39.0 Å². The molecule has 1 fully saturated rings. The average molecular weight is 563 g/mol. The molecule has 3 heterocycles. The molecule has 0 atom stereocenters. The molecule has 0 aliphatic carbocycles. The van der Waals surface area contributed by atoms with E-state index in [1.54, 1.807) is 29.0 Å². The molecule has 208 valence electrons. The van der Waals surface area contributed by atoms with Crippen molar-refractivity contribution in [1.82, 2.24) is 19.5 Å². The first-order valence-electron chi connectivity index (χ1n) is 13.1. The summed E-state index contributed by atoms with van der Waals surface area (Å²) < 4.78 is 7.23. The van der Waals surface area contributed by atoms with Crippen LogP contribution in [0.3, 0.4) is 0 Å². The number of halogens is 1. The van der Waals surface area contributed by atoms with Crippen LogP contribution in [0, 0.1) is 0 Å². The molecule has 40 heavy (non-hydrogen) atoms. The van der Waals surface area contributed by atoms with Crippen molar-refractivity contribution in [2.75, 3.05) is 36.5 Å². The summed E-state index contributed by atoms with van der Waals surface area (Å²) in [6.07, 6.45) is 1.25. The summed E-state index contributed by atoms with van der Waals surface area (Å²) in [6, 6.07) is 13.3. The van der Waals surface area contributed by atoms with Crippen molar-refractivity contribution in [3.63, 3.8) is 0 Å². The highest BCUT2D eigenvalue weighted by Crippen LogP contribution is 2.30. The van der Waals surface area contributed by atoms with Gasteiger partial charge in [-0.05, 0) is 41.3 Å². The van der Waals surface area contributed by atoms with Crippen molar-refractivity contribution >= 4 is 51.8 Å². The Balaban J connectivity index is 1.58. The number of hydrogen-bond donors (Lipinski definition) is 2. The molecule has 0 spiro atoms. The summed E-state index contributed by atoms with van der Waals surface area (Å²) in [4.78, 5) is 40.3. The first-order valence-corrected chi connectivity index (χ1v) is 13.5. The number of ether oxygens (including phenoxy) is 1. The fourth-order valence-electron chi connectivity index (χ4n) is 4.55. The maximum Gasteiger partial charge on any atom is 0.303 e. The lowest BCUT2D eigenvalue weighted by atomic mass is 9.87. The van der Waals surface area contributed by atoms with E-state index in [9.17, 15) is 9.59 Å². The van der Waals surface area contributed by atoms with Crippen LogP contribution in [0.25, 0.3) is 16.9 Å². The average Bonchev–Trinajstić information content (AvgIpc) is 3.30. The van der Waals surface area contributed by atoms with Crippen molar-refractivity contribution in [1.29, 1.82) is 0 Å². The van der Waals surface area contributed by atoms with E-state index in [-0.39, 0.29) is 24.0 Å². The van der Waals surface area contributed by atoms with Crippen LogP contribution >= 0.6 is 11.6 Å². The number of anilines is 3. The maximum absolute atomic E-state index is 13.0. The largest absolute Gasteiger partial charge is 0.481 e. The van der Waals surface area contributed by atoms with Gasteiger partial charge in [-0.25, -0.2) is 0 Å². The Hall–Kier alpha value is -4.02. The second-order valence-corrected chi connectivity index (χ2v) is 11.1. The number of Topliss-reactive ketones (excluding diaryl/α,β-unsaturated/α-hetero) is 1. The molecular formula is C29H31ClN6O4. The maximum atomic E-state index is 13.0. The number of nitrogens with zero attached hydrogens (tertiary/aromatic N) is 5. The van der Waals surface area contributed by atoms with Gasteiger partial charge in [-0.1, -0.05) is 44.5 Å². The number of aromatic nitrogens is 4. The van der Waals surface area contributed by atoms with E-state index in [1.807, 2.05) is 17.0 Å². The highest BCUT2D eigenvalue weighted by molar-refractivity contribution is 6.31. The molecule has 0 bridgehead atoms. The summed E-state index contributed by atoms with van der Waals surface area (Å²) in [5.74, 6) is -0.182. The zero-order valence-electron chi connectivity index (χ0n) is 22.6. The second-order valence-electron chi connectivity index (χ2n) is 10.7. The Labute approximate surface area is 237 Å². The Bertz CT molecular complexity index is 1560. The molecule has 0 radical (unpaired) electrons. The molecule has 2 aromatic carbocycles. The van der Waals surface area contributed by atoms with Gasteiger partial charge >= 0.3 is 5.97 Å². The van der Waals surface area contributed by atoms with Crippen LogP contribution < -0.4 is 10.2 Å². The monoisotopic (exact) mass is 562 g/mol. The van der Waals surface area contributed by atoms with E-state index >= 15 is 0 Å². The highest BCUT2D eigenvalue weighted by atomic mass is 35.5. The van der Waals surface area contributed by atoms with Crippen molar-refractivity contribution in [2.24, 2.45) is 0 Å². The SMILES string of the molecule is CC(C)(C)c1ccc(Nc2nc(N3CCOCC3)nc(-n3cc(C(=O)CCC(=O)O)c4cc(Cl)ccc43)n2)cc1. The molecule has 2 N–H and O–H groups in total. The van der Waals surface area contributed by atoms with Crippen LogP contribution in [-0.2, 0) is 14.9 Å². The summed E-state index contributed by atoms with van der Waals surface area (Å²) in [6.45, 7) is 8.87. The minimum Gasteiger partial charge on any atom is -0.481 e. The summed E-state index contributed by atoms with van der Waals surface area (Å²) in [5, 5.41) is 13.5. The number of aliphatic carboxylic acids is 1. The van der Waals surface area contributed by atoms with E-state index < -0.39 is 5.97 Å². The van der Waals surface area contributed by atoms with E-state index in [4.69, 9.17) is 36.4 Å². The predicted octanol–water partition coefficient (Wildman–Crippen LogP) is 5.39. The number of nitrogens with one attached hydrogen (secondary N) is 1. The molecule has 5 rings (SSSR count). The molecule has 0 saturated carbocycles. The number of carbonyl (C=O) groups excluding carboxylic acids is 1. The molecule has 2 aromatic heterocycles. The zero-order valence-corrected chi connectivity index (χ0v) is 23.4. The first-order chi connectivity index (χ1) is 19.1. The number of fused-ring (bicyclic) bond motifs is 1. The van der Waals surface area contributed by atoms with Crippen molar-refractivity contribution in [3.05, 3.63) is 64.8 Å². The van der Waals surface area contributed by atoms with E-state index in [2.05, 4.69) is 38.2 Å². The van der Waals surface area contributed by atoms with Gasteiger partial charge in [0, 0.05) is 47.4 Å². The molecule has 1 saturated heterocycles. The Morgan fingerprint density at radius 3 is 2.38 bits per heavy atom. The van der Waals surface area contributed by atoms with Crippen molar-refractivity contribution in [3.8, 4) is 5.95 Å². The van der Waals surface area contributed by atoms with Gasteiger partial charge in [0.25, 0.3) is 0 Å². The third-order valence-corrected chi connectivity index (χ3v) is 7.00. The molecule has 1 aliphatic rings. The van der Waals surface area contributed by atoms with Crippen LogP contribution in [0.15, 0.2) is 48.7 Å². The molecular weight excluding hydrogens is 532 g/mol. The third kappa shape index (κ3) is 6.08. The predicted molar refractivity (Wildman–Crippen MR) is 154 cm³/mol. The topological polar surface area (TPSA) is 122 Å². The summed E-state index contributed by atoms with van der Waals surface area (Å²) in [5.41, 5.74) is 3.09. The number of hydrogen-bond acceptors (Lipinski definition) is 8. The van der Waals surface area contributed by atoms with E-state index in [0.717, 1.165) is 5.69 Å². The minimum atomic E-state index is -1.03. The van der Waals surface area contributed by atoms with Gasteiger partial charge in [0.15, 0.2) is 5.78 Å². The lowest BCUT2D eigenvalue weighted by Crippen LogP contribution is -2.37. The van der Waals surface area contributed by atoms with Crippen LogP contribution in [-0.4, -0.2) is 62.7 Å². The minimum absolute atomic E-state index is 0.0281. The molecule has 0 unspecified atom stereocenters. The highest BCUT2D eigenvalue weighted by Gasteiger charge is 2.22. The summed E-state index contributed by atoms with van der Waals surface area (Å²) >= 11 is 6.28. The van der Waals surface area contributed by atoms with Gasteiger partial charge in [-0.15, -0.1) is 0 Å². The molecule has 11 heteroatoms. The number of rotatable bonds is 8. The number of carboxylic acid groups (broad SMARTS) is 1. The Kier molecular flexibility index (Phi) is 7.73. The number of ketones is 1. The first kappa shape index (κ1) is 27.5. The molecule has 1 aliphatic heterocycles. The quantitative estimate of drug-likeness (QED) is 0.272. The van der Waals surface area contributed by atoms with Crippen LogP contribution in [0.5, 0.6) is 0 Å². The normalized spacial score (nSPS) is 13.9. The van der Waals surface area contributed by atoms with Gasteiger partial charge in [0.2, 0.25) is 17.8 Å². The molecule has 4 aromatic rings. The lowest BCUT2D eigenvalue weighted by Gasteiger charge is -2.27. The second kappa shape index (κ2) is 11.2. The number of benzene rings is 2. The Morgan fingerprint density at radius 2 is 1.70 bits per heavy atom.